The number of ether oxygens (including phenoxy) is 1. The van der Waals surface area contributed by atoms with Gasteiger partial charge in [-0.25, -0.2) is 14.6 Å². The molecular formula is C13H21N3O5. The fourth-order valence-corrected chi connectivity index (χ4v) is 1.72. The number of methoxy groups -OCH3 is 1. The van der Waals surface area contributed by atoms with Gasteiger partial charge in [0.25, 0.3) is 0 Å². The first-order chi connectivity index (χ1) is 9.93. The number of nitrogens with one attached hydrogen (secondary N) is 2. The summed E-state index contributed by atoms with van der Waals surface area (Å²) in [5.41, 5.74) is 0. The lowest BCUT2D eigenvalue weighted by Crippen LogP contribution is -2.46. The van der Waals surface area contributed by atoms with Crippen molar-refractivity contribution in [3.05, 3.63) is 17.8 Å². The fourth-order valence-electron chi connectivity index (χ4n) is 1.72. The minimum absolute atomic E-state index is 0.295. The van der Waals surface area contributed by atoms with Crippen LogP contribution in [0.3, 0.4) is 0 Å². The largest absolute Gasteiger partial charge is 0.480 e. The van der Waals surface area contributed by atoms with Gasteiger partial charge in [-0.05, 0) is 26.7 Å². The number of aromatic nitrogens is 1. The van der Waals surface area contributed by atoms with Crippen molar-refractivity contribution in [2.45, 2.75) is 38.8 Å². The molecule has 1 heterocycles. The van der Waals surface area contributed by atoms with Gasteiger partial charge in [-0.1, -0.05) is 0 Å². The van der Waals surface area contributed by atoms with Gasteiger partial charge < -0.3 is 24.9 Å². The molecule has 0 bridgehead atoms. The first-order valence-corrected chi connectivity index (χ1v) is 6.65. The molecule has 0 aliphatic carbocycles. The highest BCUT2D eigenvalue weighted by Crippen LogP contribution is 2.11. The summed E-state index contributed by atoms with van der Waals surface area (Å²) in [5, 5.41) is 14.1. The fraction of sp³-hybridized carbons (Fsp3) is 0.615. The van der Waals surface area contributed by atoms with Crippen molar-refractivity contribution >= 4 is 12.0 Å². The number of urea groups is 1. The van der Waals surface area contributed by atoms with E-state index in [-0.39, 0.29) is 0 Å². The van der Waals surface area contributed by atoms with E-state index in [4.69, 9.17) is 14.3 Å². The number of aryl methyl sites for hydroxylation is 1. The third-order valence-corrected chi connectivity index (χ3v) is 2.80. The maximum atomic E-state index is 11.8. The Hall–Kier alpha value is -2.09. The Morgan fingerprint density at radius 3 is 2.71 bits per heavy atom. The van der Waals surface area contributed by atoms with E-state index in [0.717, 1.165) is 0 Å². The molecule has 21 heavy (non-hydrogen) atoms. The zero-order valence-electron chi connectivity index (χ0n) is 12.4. The molecule has 8 nitrogen and oxygen atoms in total. The molecule has 2 unspecified atom stereocenters. The number of carboxylic acid groups (broad SMARTS) is 1. The number of aliphatic carboxylic acids is 1. The molecule has 1 aromatic rings. The molecular weight excluding hydrogens is 278 g/mol. The number of carboxylic acids is 1. The molecule has 118 valence electrons. The first-order valence-electron chi connectivity index (χ1n) is 6.65. The molecule has 1 rings (SSSR count). The summed E-state index contributed by atoms with van der Waals surface area (Å²) < 4.78 is 10.2. The molecule has 0 fully saturated rings. The highest BCUT2D eigenvalue weighted by atomic mass is 16.5. The van der Waals surface area contributed by atoms with Crippen LogP contribution in [0.25, 0.3) is 0 Å². The topological polar surface area (TPSA) is 114 Å². The van der Waals surface area contributed by atoms with Crippen molar-refractivity contribution in [2.75, 3.05) is 13.7 Å². The Labute approximate surface area is 122 Å². The molecule has 3 N–H and O–H groups in total. The summed E-state index contributed by atoms with van der Waals surface area (Å²) in [4.78, 5) is 26.9. The zero-order chi connectivity index (χ0) is 15.8. The van der Waals surface area contributed by atoms with E-state index >= 15 is 0 Å². The highest BCUT2D eigenvalue weighted by molar-refractivity contribution is 5.82. The number of hydrogen-bond acceptors (Lipinski definition) is 5. The van der Waals surface area contributed by atoms with E-state index in [0.29, 0.717) is 31.1 Å². The lowest BCUT2D eigenvalue weighted by molar-refractivity contribution is -0.139. The first kappa shape index (κ1) is 17.0. The molecule has 0 aliphatic heterocycles. The number of rotatable bonds is 8. The van der Waals surface area contributed by atoms with Crippen molar-refractivity contribution in [1.29, 1.82) is 0 Å². The van der Waals surface area contributed by atoms with Crippen molar-refractivity contribution in [3.8, 4) is 0 Å². The van der Waals surface area contributed by atoms with Crippen LogP contribution < -0.4 is 10.6 Å². The van der Waals surface area contributed by atoms with Gasteiger partial charge in [0.1, 0.15) is 17.8 Å². The molecule has 0 aromatic carbocycles. The Morgan fingerprint density at radius 2 is 2.19 bits per heavy atom. The Kier molecular flexibility index (Phi) is 6.67. The summed E-state index contributed by atoms with van der Waals surface area (Å²) in [6.07, 6.45) is 2.39. The number of carbonyl (C=O) groups excluding carboxylic acids is 1. The number of carbonyl (C=O) groups is 2. The molecule has 0 saturated heterocycles. The van der Waals surface area contributed by atoms with Crippen molar-refractivity contribution in [3.63, 3.8) is 0 Å². The van der Waals surface area contributed by atoms with Gasteiger partial charge in [-0.2, -0.15) is 0 Å². The molecule has 2 atom stereocenters. The molecule has 0 aliphatic rings. The second-order valence-corrected chi connectivity index (χ2v) is 4.67. The van der Waals surface area contributed by atoms with E-state index in [1.807, 2.05) is 0 Å². The average molecular weight is 299 g/mol. The predicted molar refractivity (Wildman–Crippen MR) is 73.9 cm³/mol. The van der Waals surface area contributed by atoms with Crippen molar-refractivity contribution < 1.29 is 23.8 Å². The summed E-state index contributed by atoms with van der Waals surface area (Å²) in [6.45, 7) is 3.89. The van der Waals surface area contributed by atoms with Crippen LogP contribution in [-0.4, -0.2) is 41.8 Å². The summed E-state index contributed by atoms with van der Waals surface area (Å²) in [6, 6.07) is -1.99. The van der Waals surface area contributed by atoms with E-state index in [9.17, 15) is 9.59 Å². The SMILES string of the molecule is COCCCC(NC(=O)NC(C)c1ncc(C)o1)C(=O)O. The Balaban J connectivity index is 2.47. The standard InChI is InChI=1S/C13H21N3O5/c1-8-7-14-11(21-8)9(2)15-13(19)16-10(12(17)18)5-4-6-20-3/h7,9-10H,4-6H2,1-3H3,(H,17,18)(H2,15,16,19). The van der Waals surface area contributed by atoms with Gasteiger partial charge in [0.05, 0.1) is 6.20 Å². The van der Waals surface area contributed by atoms with Crippen LogP contribution >= 0.6 is 0 Å². The van der Waals surface area contributed by atoms with Crippen LogP contribution in [0, 0.1) is 6.92 Å². The summed E-state index contributed by atoms with van der Waals surface area (Å²) in [5.74, 6) is -0.0724. The predicted octanol–water partition coefficient (Wildman–Crippen LogP) is 1.22. The van der Waals surface area contributed by atoms with E-state index in [2.05, 4.69) is 15.6 Å². The lowest BCUT2D eigenvalue weighted by atomic mass is 10.1. The number of amides is 2. The van der Waals surface area contributed by atoms with Crippen LogP contribution in [-0.2, 0) is 9.53 Å². The van der Waals surface area contributed by atoms with Crippen LogP contribution in [0.15, 0.2) is 10.6 Å². The number of nitrogens with zero attached hydrogens (tertiary/aromatic N) is 1. The maximum Gasteiger partial charge on any atom is 0.326 e. The van der Waals surface area contributed by atoms with Gasteiger partial charge in [0.15, 0.2) is 0 Å². The number of hydrogen-bond donors (Lipinski definition) is 3. The molecule has 0 radical (unpaired) electrons. The second kappa shape index (κ2) is 8.25. The monoisotopic (exact) mass is 299 g/mol. The van der Waals surface area contributed by atoms with Gasteiger partial charge in [0, 0.05) is 13.7 Å². The van der Waals surface area contributed by atoms with Crippen LogP contribution in [0.2, 0.25) is 0 Å². The molecule has 0 spiro atoms. The zero-order valence-corrected chi connectivity index (χ0v) is 12.4. The molecule has 8 heteroatoms. The lowest BCUT2D eigenvalue weighted by Gasteiger charge is -2.16. The number of oxazole rings is 1. The normalized spacial score (nSPS) is 13.5. The van der Waals surface area contributed by atoms with Crippen LogP contribution in [0.5, 0.6) is 0 Å². The van der Waals surface area contributed by atoms with E-state index in [1.165, 1.54) is 7.11 Å². The van der Waals surface area contributed by atoms with Crippen LogP contribution in [0.4, 0.5) is 4.79 Å². The minimum atomic E-state index is -1.08. The second-order valence-electron chi connectivity index (χ2n) is 4.67. The quantitative estimate of drug-likeness (QED) is 0.622. The van der Waals surface area contributed by atoms with Gasteiger partial charge in [-0.3, -0.25) is 0 Å². The average Bonchev–Trinajstić information content (AvgIpc) is 2.84. The van der Waals surface area contributed by atoms with Gasteiger partial charge in [-0.15, -0.1) is 0 Å². The summed E-state index contributed by atoms with van der Waals surface area (Å²) in [7, 11) is 1.54. The highest BCUT2D eigenvalue weighted by Gasteiger charge is 2.21. The molecule has 1 aromatic heterocycles. The Bertz CT molecular complexity index is 474. The van der Waals surface area contributed by atoms with Crippen LogP contribution in [0.1, 0.15) is 37.5 Å². The van der Waals surface area contributed by atoms with Gasteiger partial charge in [0.2, 0.25) is 5.89 Å². The van der Waals surface area contributed by atoms with E-state index < -0.39 is 24.1 Å². The minimum Gasteiger partial charge on any atom is -0.480 e. The molecule has 2 amide bonds. The third kappa shape index (κ3) is 5.82. The van der Waals surface area contributed by atoms with Crippen molar-refractivity contribution in [1.82, 2.24) is 15.6 Å². The Morgan fingerprint density at radius 1 is 1.48 bits per heavy atom. The maximum absolute atomic E-state index is 11.8. The van der Waals surface area contributed by atoms with Crippen molar-refractivity contribution in [2.24, 2.45) is 0 Å². The van der Waals surface area contributed by atoms with E-state index in [1.54, 1.807) is 20.0 Å². The molecule has 0 saturated carbocycles. The smallest absolute Gasteiger partial charge is 0.326 e. The summed E-state index contributed by atoms with van der Waals surface area (Å²) >= 11 is 0. The third-order valence-electron chi connectivity index (χ3n) is 2.80. The van der Waals surface area contributed by atoms with Gasteiger partial charge >= 0.3 is 12.0 Å².